The van der Waals surface area contributed by atoms with Crippen LogP contribution in [0.4, 0.5) is 4.39 Å². The van der Waals surface area contributed by atoms with E-state index in [1.807, 2.05) is 11.0 Å². The predicted octanol–water partition coefficient (Wildman–Crippen LogP) is 4.03. The van der Waals surface area contributed by atoms with Crippen LogP contribution in [-0.2, 0) is 16.0 Å². The van der Waals surface area contributed by atoms with Crippen molar-refractivity contribution in [3.05, 3.63) is 35.6 Å². The molecule has 1 aromatic rings. The summed E-state index contributed by atoms with van der Waals surface area (Å²) in [6.45, 7) is 0.617. The van der Waals surface area contributed by atoms with Crippen LogP contribution in [0, 0.1) is 17.7 Å². The second-order valence-electron chi connectivity index (χ2n) is 7.74. The second kappa shape index (κ2) is 8.65. The third kappa shape index (κ3) is 4.63. The average Bonchev–Trinajstić information content (AvgIpc) is 3.16. The van der Waals surface area contributed by atoms with E-state index >= 15 is 0 Å². The number of benzene rings is 1. The molecule has 0 aliphatic heterocycles. The number of carboxylic acids is 1. The molecule has 0 aromatic heterocycles. The molecule has 0 heterocycles. The first-order valence-corrected chi connectivity index (χ1v) is 9.82. The van der Waals surface area contributed by atoms with E-state index < -0.39 is 5.97 Å². The van der Waals surface area contributed by atoms with Crippen molar-refractivity contribution in [3.8, 4) is 0 Å². The molecule has 0 saturated heterocycles. The van der Waals surface area contributed by atoms with E-state index in [1.54, 1.807) is 6.07 Å². The van der Waals surface area contributed by atoms with Gasteiger partial charge in [0.2, 0.25) is 5.91 Å². The van der Waals surface area contributed by atoms with Crippen molar-refractivity contribution in [1.29, 1.82) is 0 Å². The highest BCUT2D eigenvalue weighted by Crippen LogP contribution is 2.32. The van der Waals surface area contributed by atoms with Crippen LogP contribution < -0.4 is 0 Å². The van der Waals surface area contributed by atoms with Gasteiger partial charge in [0.1, 0.15) is 5.82 Å². The summed E-state index contributed by atoms with van der Waals surface area (Å²) in [5.41, 5.74) is 0.912. The van der Waals surface area contributed by atoms with Crippen molar-refractivity contribution in [3.63, 3.8) is 0 Å². The Labute approximate surface area is 154 Å². The van der Waals surface area contributed by atoms with Crippen molar-refractivity contribution in [2.75, 3.05) is 6.54 Å². The minimum absolute atomic E-state index is 0.0568. The largest absolute Gasteiger partial charge is 0.481 e. The van der Waals surface area contributed by atoms with E-state index in [-0.39, 0.29) is 29.6 Å². The molecule has 142 valence electrons. The zero-order valence-corrected chi connectivity index (χ0v) is 15.2. The lowest BCUT2D eigenvalue weighted by Gasteiger charge is -2.35. The molecule has 0 bridgehead atoms. The molecule has 2 aliphatic carbocycles. The summed E-state index contributed by atoms with van der Waals surface area (Å²) in [6.07, 6.45) is 7.56. The molecule has 2 saturated carbocycles. The molecule has 3 rings (SSSR count). The summed E-state index contributed by atoms with van der Waals surface area (Å²) in [7, 11) is 0. The van der Waals surface area contributed by atoms with E-state index in [1.165, 1.54) is 12.1 Å². The highest BCUT2D eigenvalue weighted by molar-refractivity contribution is 5.80. The van der Waals surface area contributed by atoms with Crippen LogP contribution in [0.25, 0.3) is 0 Å². The lowest BCUT2D eigenvalue weighted by molar-refractivity contribution is -0.146. The molecule has 4 nitrogen and oxygen atoms in total. The van der Waals surface area contributed by atoms with Crippen LogP contribution in [0.5, 0.6) is 0 Å². The normalized spacial score (nSPS) is 23.7. The van der Waals surface area contributed by atoms with E-state index in [2.05, 4.69) is 0 Å². The molecule has 0 spiro atoms. The van der Waals surface area contributed by atoms with E-state index in [9.17, 15) is 14.0 Å². The van der Waals surface area contributed by atoms with Crippen LogP contribution in [-0.4, -0.2) is 34.5 Å². The Hall–Kier alpha value is -1.91. The molecule has 1 aromatic carbocycles. The van der Waals surface area contributed by atoms with Gasteiger partial charge in [-0.05, 0) is 62.6 Å². The number of nitrogens with zero attached hydrogens (tertiary/aromatic N) is 1. The zero-order valence-electron chi connectivity index (χ0n) is 15.2. The van der Waals surface area contributed by atoms with Gasteiger partial charge >= 0.3 is 5.97 Å². The summed E-state index contributed by atoms with van der Waals surface area (Å²) in [5.74, 6) is -1.16. The summed E-state index contributed by atoms with van der Waals surface area (Å²) >= 11 is 0. The standard InChI is InChI=1S/C21H28FNO3/c22-18-5-3-4-15(14-18)12-13-23(19-6-1-2-7-19)20(24)16-8-10-17(11-9-16)21(25)26/h3-5,14,16-17,19H,1-2,6-13H2,(H,25,26). The Morgan fingerprint density at radius 3 is 2.31 bits per heavy atom. The number of carbonyl (C=O) groups is 2. The van der Waals surface area contributed by atoms with Crippen LogP contribution in [0.2, 0.25) is 0 Å². The SMILES string of the molecule is O=C(O)C1CCC(C(=O)N(CCc2cccc(F)c2)C2CCCC2)CC1. The van der Waals surface area contributed by atoms with Crippen molar-refractivity contribution < 1.29 is 19.1 Å². The van der Waals surface area contributed by atoms with Gasteiger partial charge in [-0.2, -0.15) is 0 Å². The fourth-order valence-corrected chi connectivity index (χ4v) is 4.45. The number of rotatable bonds is 6. The Bertz CT molecular complexity index is 634. The number of amides is 1. The van der Waals surface area contributed by atoms with Crippen molar-refractivity contribution in [2.24, 2.45) is 11.8 Å². The Morgan fingerprint density at radius 1 is 1.04 bits per heavy atom. The van der Waals surface area contributed by atoms with Crippen LogP contribution >= 0.6 is 0 Å². The fourth-order valence-electron chi connectivity index (χ4n) is 4.45. The molecule has 2 aliphatic rings. The van der Waals surface area contributed by atoms with Gasteiger partial charge in [-0.3, -0.25) is 9.59 Å². The van der Waals surface area contributed by atoms with Crippen LogP contribution in [0.1, 0.15) is 56.9 Å². The van der Waals surface area contributed by atoms with Gasteiger partial charge in [0.05, 0.1) is 5.92 Å². The predicted molar refractivity (Wildman–Crippen MR) is 97.2 cm³/mol. The van der Waals surface area contributed by atoms with Crippen molar-refractivity contribution in [2.45, 2.75) is 63.8 Å². The minimum Gasteiger partial charge on any atom is -0.481 e. The molecule has 0 atom stereocenters. The van der Waals surface area contributed by atoms with Crippen molar-refractivity contribution >= 4 is 11.9 Å². The third-order valence-corrected chi connectivity index (χ3v) is 6.00. The third-order valence-electron chi connectivity index (χ3n) is 6.00. The number of carboxylic acid groups (broad SMARTS) is 1. The summed E-state index contributed by atoms with van der Waals surface area (Å²) < 4.78 is 13.4. The monoisotopic (exact) mass is 361 g/mol. The maximum atomic E-state index is 13.4. The maximum Gasteiger partial charge on any atom is 0.306 e. The first-order chi connectivity index (χ1) is 12.5. The zero-order chi connectivity index (χ0) is 18.5. The summed E-state index contributed by atoms with van der Waals surface area (Å²) in [5, 5.41) is 9.15. The van der Waals surface area contributed by atoms with Gasteiger partial charge in [-0.1, -0.05) is 25.0 Å². The first-order valence-electron chi connectivity index (χ1n) is 9.82. The van der Waals surface area contributed by atoms with E-state index in [0.717, 1.165) is 31.2 Å². The topological polar surface area (TPSA) is 57.6 Å². The number of hydrogen-bond acceptors (Lipinski definition) is 2. The lowest BCUT2D eigenvalue weighted by atomic mass is 9.81. The number of halogens is 1. The smallest absolute Gasteiger partial charge is 0.306 e. The molecule has 5 heteroatoms. The lowest BCUT2D eigenvalue weighted by Crippen LogP contribution is -2.44. The maximum absolute atomic E-state index is 13.4. The quantitative estimate of drug-likeness (QED) is 0.832. The second-order valence-corrected chi connectivity index (χ2v) is 7.74. The van der Waals surface area contributed by atoms with E-state index in [0.29, 0.717) is 38.6 Å². The van der Waals surface area contributed by atoms with Crippen LogP contribution in [0.3, 0.4) is 0 Å². The number of aliphatic carboxylic acids is 1. The van der Waals surface area contributed by atoms with Gasteiger partial charge < -0.3 is 10.0 Å². The van der Waals surface area contributed by atoms with Gasteiger partial charge in [-0.25, -0.2) is 4.39 Å². The molecule has 1 amide bonds. The van der Waals surface area contributed by atoms with Gasteiger partial charge in [-0.15, -0.1) is 0 Å². The highest BCUT2D eigenvalue weighted by atomic mass is 19.1. The molecule has 0 unspecified atom stereocenters. The molecular formula is C21H28FNO3. The molecular weight excluding hydrogens is 333 g/mol. The number of hydrogen-bond donors (Lipinski definition) is 1. The number of carbonyl (C=O) groups excluding carboxylic acids is 1. The average molecular weight is 361 g/mol. The highest BCUT2D eigenvalue weighted by Gasteiger charge is 2.35. The van der Waals surface area contributed by atoms with Crippen molar-refractivity contribution in [1.82, 2.24) is 4.90 Å². The summed E-state index contributed by atoms with van der Waals surface area (Å²) in [4.78, 5) is 26.3. The molecule has 26 heavy (non-hydrogen) atoms. The minimum atomic E-state index is -0.741. The molecule has 1 N–H and O–H groups in total. The Kier molecular flexibility index (Phi) is 6.28. The van der Waals surface area contributed by atoms with Crippen LogP contribution in [0.15, 0.2) is 24.3 Å². The Morgan fingerprint density at radius 2 is 1.69 bits per heavy atom. The molecule has 2 fully saturated rings. The summed E-state index contributed by atoms with van der Waals surface area (Å²) in [6, 6.07) is 6.87. The van der Waals surface area contributed by atoms with E-state index in [4.69, 9.17) is 5.11 Å². The fraction of sp³-hybridized carbons (Fsp3) is 0.619. The van der Waals surface area contributed by atoms with Gasteiger partial charge in [0.25, 0.3) is 0 Å². The molecule has 0 radical (unpaired) electrons. The Balaban J connectivity index is 1.64. The van der Waals surface area contributed by atoms with Gasteiger partial charge in [0, 0.05) is 18.5 Å². The first kappa shape index (κ1) is 18.9. The van der Waals surface area contributed by atoms with Gasteiger partial charge in [0.15, 0.2) is 0 Å².